The summed E-state index contributed by atoms with van der Waals surface area (Å²) in [5.74, 6) is 0. The lowest BCUT2D eigenvalue weighted by Crippen LogP contribution is -2.54. The fraction of sp³-hybridized carbons (Fsp3) is 0.786. The van der Waals surface area contributed by atoms with Crippen molar-refractivity contribution < 1.29 is 23.0 Å². The number of halogens is 3. The van der Waals surface area contributed by atoms with E-state index in [0.29, 0.717) is 13.2 Å². The van der Waals surface area contributed by atoms with E-state index in [4.69, 9.17) is 4.74 Å². The predicted octanol–water partition coefficient (Wildman–Crippen LogP) is 1.55. The lowest BCUT2D eigenvalue weighted by Gasteiger charge is -2.44. The highest BCUT2D eigenvalue weighted by molar-refractivity contribution is 5.04. The zero-order valence-electron chi connectivity index (χ0n) is 12.2. The highest BCUT2D eigenvalue weighted by Gasteiger charge is 2.40. The molecule has 2 aliphatic rings. The quantitative estimate of drug-likeness (QED) is 0.915. The zero-order chi connectivity index (χ0) is 15.8. The monoisotopic (exact) mass is 319 g/mol. The van der Waals surface area contributed by atoms with Crippen LogP contribution in [0.4, 0.5) is 13.2 Å². The van der Waals surface area contributed by atoms with Gasteiger partial charge in [0.15, 0.2) is 5.69 Å². The third-order valence-electron chi connectivity index (χ3n) is 4.54. The molecule has 0 bridgehead atoms. The summed E-state index contributed by atoms with van der Waals surface area (Å²) in [6.45, 7) is 3.65. The van der Waals surface area contributed by atoms with E-state index in [1.165, 1.54) is 10.9 Å². The topological polar surface area (TPSA) is 50.5 Å². The molecule has 1 aromatic heterocycles. The first-order valence-corrected chi connectivity index (χ1v) is 7.45. The van der Waals surface area contributed by atoms with E-state index in [1.54, 1.807) is 0 Å². The van der Waals surface area contributed by atoms with Gasteiger partial charge in [-0.1, -0.05) is 0 Å². The first-order valence-electron chi connectivity index (χ1n) is 7.45. The summed E-state index contributed by atoms with van der Waals surface area (Å²) in [6, 6.07) is 1.04. The van der Waals surface area contributed by atoms with Crippen molar-refractivity contribution in [3.05, 3.63) is 18.0 Å². The Morgan fingerprint density at radius 3 is 2.45 bits per heavy atom. The van der Waals surface area contributed by atoms with E-state index in [1.807, 2.05) is 0 Å². The fourth-order valence-electron chi connectivity index (χ4n) is 3.13. The maximum atomic E-state index is 12.6. The second-order valence-electron chi connectivity index (χ2n) is 6.34. The molecule has 3 heterocycles. The van der Waals surface area contributed by atoms with E-state index in [-0.39, 0.29) is 18.1 Å². The number of piperidine rings is 1. The number of hydrogen-bond donors (Lipinski definition) is 1. The summed E-state index contributed by atoms with van der Waals surface area (Å²) in [7, 11) is 0. The number of alkyl halides is 3. The number of aliphatic hydroxyl groups excluding tert-OH is 1. The molecule has 0 unspecified atom stereocenters. The predicted molar refractivity (Wildman–Crippen MR) is 72.3 cm³/mol. The van der Waals surface area contributed by atoms with Crippen LogP contribution in [-0.4, -0.2) is 59.2 Å². The van der Waals surface area contributed by atoms with Gasteiger partial charge in [0.25, 0.3) is 0 Å². The second kappa shape index (κ2) is 5.82. The number of ether oxygens (including phenoxy) is 1. The van der Waals surface area contributed by atoms with Crippen molar-refractivity contribution in [1.82, 2.24) is 14.7 Å². The van der Waals surface area contributed by atoms with E-state index in [0.717, 1.165) is 38.5 Å². The van der Waals surface area contributed by atoms with Gasteiger partial charge in [-0.3, -0.25) is 4.68 Å². The number of likely N-dealkylation sites (tertiary alicyclic amines) is 1. The van der Waals surface area contributed by atoms with Crippen LogP contribution in [0.1, 0.15) is 24.6 Å². The molecule has 2 saturated heterocycles. The van der Waals surface area contributed by atoms with Crippen molar-refractivity contribution >= 4 is 0 Å². The van der Waals surface area contributed by atoms with Crippen molar-refractivity contribution in [2.45, 2.75) is 25.1 Å². The van der Waals surface area contributed by atoms with Crippen molar-refractivity contribution in [3.63, 3.8) is 0 Å². The number of hydrogen-bond acceptors (Lipinski definition) is 4. The minimum Gasteiger partial charge on any atom is -0.396 e. The van der Waals surface area contributed by atoms with E-state index in [9.17, 15) is 18.3 Å². The molecule has 0 aliphatic carbocycles. The first kappa shape index (κ1) is 15.8. The van der Waals surface area contributed by atoms with Gasteiger partial charge in [0.1, 0.15) is 0 Å². The molecule has 0 saturated carbocycles. The van der Waals surface area contributed by atoms with Crippen LogP contribution < -0.4 is 0 Å². The Morgan fingerprint density at radius 2 is 2.00 bits per heavy atom. The molecule has 3 rings (SSSR count). The average molecular weight is 319 g/mol. The molecule has 5 nitrogen and oxygen atoms in total. The Bertz CT molecular complexity index is 500. The molecule has 0 amide bonds. The molecule has 22 heavy (non-hydrogen) atoms. The minimum atomic E-state index is -4.39. The van der Waals surface area contributed by atoms with Crippen LogP contribution in [0.15, 0.2) is 12.3 Å². The van der Waals surface area contributed by atoms with Gasteiger partial charge in [-0.05, 0) is 18.9 Å². The standard InChI is InChI=1S/C14H20F3N3O2/c15-14(16,17)12-3-6-20(18-12)11-1-4-19(5-2-11)7-13(8-21)9-22-10-13/h3,6,11,21H,1-2,4-5,7-10H2. The van der Waals surface area contributed by atoms with Crippen LogP contribution in [0.3, 0.4) is 0 Å². The van der Waals surface area contributed by atoms with Crippen molar-refractivity contribution in [1.29, 1.82) is 0 Å². The van der Waals surface area contributed by atoms with Crippen LogP contribution in [0.5, 0.6) is 0 Å². The summed E-state index contributed by atoms with van der Waals surface area (Å²) in [5, 5.41) is 13.1. The number of aromatic nitrogens is 2. The molecule has 1 aromatic rings. The Balaban J connectivity index is 1.54. The Labute approximate surface area is 126 Å². The lowest BCUT2D eigenvalue weighted by molar-refractivity contribution is -0.150. The van der Waals surface area contributed by atoms with Crippen molar-refractivity contribution in [3.8, 4) is 0 Å². The van der Waals surface area contributed by atoms with Gasteiger partial charge in [-0.15, -0.1) is 0 Å². The molecule has 8 heteroatoms. The SMILES string of the molecule is OCC1(CN2CCC(n3ccc(C(F)(F)F)n3)CC2)COC1. The molecule has 0 radical (unpaired) electrons. The normalized spacial score (nSPS) is 23.5. The third kappa shape index (κ3) is 3.13. The smallest absolute Gasteiger partial charge is 0.396 e. The van der Waals surface area contributed by atoms with Crippen LogP contribution in [0.2, 0.25) is 0 Å². The maximum absolute atomic E-state index is 12.6. The lowest BCUT2D eigenvalue weighted by atomic mass is 9.85. The highest BCUT2D eigenvalue weighted by atomic mass is 19.4. The highest BCUT2D eigenvalue weighted by Crippen LogP contribution is 2.32. The van der Waals surface area contributed by atoms with E-state index in [2.05, 4.69) is 10.00 Å². The van der Waals surface area contributed by atoms with Gasteiger partial charge in [0, 0.05) is 25.8 Å². The van der Waals surface area contributed by atoms with Gasteiger partial charge >= 0.3 is 6.18 Å². The van der Waals surface area contributed by atoms with Gasteiger partial charge in [-0.2, -0.15) is 18.3 Å². The van der Waals surface area contributed by atoms with Crippen LogP contribution >= 0.6 is 0 Å². The molecule has 2 aliphatic heterocycles. The summed E-state index contributed by atoms with van der Waals surface area (Å²) in [4.78, 5) is 2.25. The van der Waals surface area contributed by atoms with Gasteiger partial charge < -0.3 is 14.7 Å². The van der Waals surface area contributed by atoms with Crippen molar-refractivity contribution in [2.75, 3.05) is 39.5 Å². The molecule has 0 spiro atoms. The number of rotatable bonds is 4. The van der Waals surface area contributed by atoms with Gasteiger partial charge in [0.05, 0.1) is 31.3 Å². The summed E-state index contributed by atoms with van der Waals surface area (Å²) in [5.41, 5.74) is -0.983. The largest absolute Gasteiger partial charge is 0.435 e. The van der Waals surface area contributed by atoms with Crippen molar-refractivity contribution in [2.24, 2.45) is 5.41 Å². The number of nitrogens with zero attached hydrogens (tertiary/aromatic N) is 3. The molecule has 124 valence electrons. The molecule has 2 fully saturated rings. The fourth-order valence-corrected chi connectivity index (χ4v) is 3.13. The van der Waals surface area contributed by atoms with E-state index < -0.39 is 11.9 Å². The molecule has 0 atom stereocenters. The maximum Gasteiger partial charge on any atom is 0.435 e. The Kier molecular flexibility index (Phi) is 4.17. The molecule has 1 N–H and O–H groups in total. The van der Waals surface area contributed by atoms with Crippen LogP contribution in [0, 0.1) is 5.41 Å². The molecule has 0 aromatic carbocycles. The third-order valence-corrected chi connectivity index (χ3v) is 4.54. The molecular weight excluding hydrogens is 299 g/mol. The summed E-state index contributed by atoms with van der Waals surface area (Å²) >= 11 is 0. The average Bonchev–Trinajstić information content (AvgIpc) is 2.93. The molecular formula is C14H20F3N3O2. The number of aliphatic hydroxyl groups is 1. The van der Waals surface area contributed by atoms with Gasteiger partial charge in [0.2, 0.25) is 0 Å². The zero-order valence-corrected chi connectivity index (χ0v) is 12.2. The minimum absolute atomic E-state index is 0.00932. The first-order chi connectivity index (χ1) is 10.4. The summed E-state index contributed by atoms with van der Waals surface area (Å²) < 4.78 is 44.4. The van der Waals surface area contributed by atoms with Crippen LogP contribution in [-0.2, 0) is 10.9 Å². The van der Waals surface area contributed by atoms with Crippen LogP contribution in [0.25, 0.3) is 0 Å². The Hall–Kier alpha value is -1.12. The second-order valence-corrected chi connectivity index (χ2v) is 6.34. The van der Waals surface area contributed by atoms with E-state index >= 15 is 0 Å². The summed E-state index contributed by atoms with van der Waals surface area (Å²) in [6.07, 6.45) is -1.44. The van der Waals surface area contributed by atoms with Gasteiger partial charge in [-0.25, -0.2) is 0 Å². The Morgan fingerprint density at radius 1 is 1.32 bits per heavy atom.